The fourth-order valence-electron chi connectivity index (χ4n) is 6.76. The first-order valence-corrected chi connectivity index (χ1v) is 16.5. The number of fused-ring (bicyclic) bond motifs is 14. The van der Waals surface area contributed by atoms with Gasteiger partial charge in [0.05, 0.1) is 41.4 Å². The average molecular weight is 698 g/mol. The molecule has 5 bridgehead atoms. The van der Waals surface area contributed by atoms with E-state index in [4.69, 9.17) is 18.9 Å². The maximum atomic E-state index is 13.9. The largest absolute Gasteiger partial charge is 0.507 e. The van der Waals surface area contributed by atoms with Gasteiger partial charge in [-0.25, -0.2) is 0 Å². The van der Waals surface area contributed by atoms with E-state index in [1.807, 2.05) is 0 Å². The fourth-order valence-corrected chi connectivity index (χ4v) is 6.76. The van der Waals surface area contributed by atoms with Crippen molar-refractivity contribution in [3.63, 3.8) is 0 Å². The summed E-state index contributed by atoms with van der Waals surface area (Å²) < 4.78 is 23.2. The highest BCUT2D eigenvalue weighted by Gasteiger charge is 2.51. The number of hydrogen-bond donors (Lipinski definition) is 5. The molecule has 1 aromatic carbocycles. The predicted molar refractivity (Wildman–Crippen MR) is 180 cm³/mol. The first-order valence-electron chi connectivity index (χ1n) is 16.5. The number of carbonyl (C=O) groups is 4. The van der Waals surface area contributed by atoms with Gasteiger partial charge in [0.25, 0.3) is 11.7 Å². The predicted octanol–water partition coefficient (Wildman–Crippen LogP) is 3.48. The summed E-state index contributed by atoms with van der Waals surface area (Å²) in [5.41, 5.74) is -0.746. The van der Waals surface area contributed by atoms with Crippen LogP contribution in [0.15, 0.2) is 47.9 Å². The van der Waals surface area contributed by atoms with Crippen molar-refractivity contribution >= 4 is 23.4 Å². The number of nitrogens with one attached hydrogen (secondary N) is 1. The van der Waals surface area contributed by atoms with Crippen molar-refractivity contribution in [2.75, 3.05) is 7.11 Å². The Kier molecular flexibility index (Phi) is 11.5. The number of phenolic OH excluding ortho intramolecular Hbond substituents is 1. The summed E-state index contributed by atoms with van der Waals surface area (Å²) in [4.78, 5) is 52.9. The minimum Gasteiger partial charge on any atom is -0.507 e. The quantitative estimate of drug-likeness (QED) is 0.283. The molecular weight excluding hydrogens is 650 g/mol. The van der Waals surface area contributed by atoms with Gasteiger partial charge in [-0.2, -0.15) is 0 Å². The van der Waals surface area contributed by atoms with E-state index in [9.17, 15) is 39.6 Å². The second kappa shape index (κ2) is 14.9. The summed E-state index contributed by atoms with van der Waals surface area (Å²) in [5, 5.41) is 47.4. The third-order valence-corrected chi connectivity index (χ3v) is 9.94. The second-order valence-electron chi connectivity index (χ2n) is 13.5. The lowest BCUT2D eigenvalue weighted by atomic mass is 9.78. The van der Waals surface area contributed by atoms with Crippen LogP contribution < -0.4 is 10.1 Å². The number of benzene rings is 1. The van der Waals surface area contributed by atoms with Crippen LogP contribution in [0.5, 0.6) is 11.5 Å². The molecule has 0 spiro atoms. The fraction of sp³-hybridized carbons (Fsp3) is 0.514. The van der Waals surface area contributed by atoms with Crippen LogP contribution in [0.3, 0.4) is 0 Å². The molecule has 1 amide bonds. The second-order valence-corrected chi connectivity index (χ2v) is 13.5. The molecule has 4 aliphatic rings. The number of hydrogen-bond acceptors (Lipinski definition) is 12. The molecule has 3 aliphatic heterocycles. The minimum atomic E-state index is -1.99. The van der Waals surface area contributed by atoms with Gasteiger partial charge in [-0.3, -0.25) is 19.2 Å². The Morgan fingerprint density at radius 1 is 0.960 bits per heavy atom. The number of allylic oxidation sites excluding steroid dienone is 3. The van der Waals surface area contributed by atoms with Crippen molar-refractivity contribution in [2.45, 2.75) is 91.7 Å². The van der Waals surface area contributed by atoms with E-state index in [2.05, 4.69) is 5.32 Å². The maximum Gasteiger partial charge on any atom is 0.312 e. The number of amides is 1. The molecule has 3 heterocycles. The van der Waals surface area contributed by atoms with Crippen molar-refractivity contribution in [3.8, 4) is 11.5 Å². The van der Waals surface area contributed by atoms with Gasteiger partial charge in [0.2, 0.25) is 5.78 Å². The third-order valence-electron chi connectivity index (χ3n) is 9.94. The summed E-state index contributed by atoms with van der Waals surface area (Å²) >= 11 is 0. The van der Waals surface area contributed by atoms with Gasteiger partial charge in [0.15, 0.2) is 0 Å². The Labute approximate surface area is 291 Å². The van der Waals surface area contributed by atoms with E-state index in [-0.39, 0.29) is 39.3 Å². The normalized spacial score (nSPS) is 35.9. The van der Waals surface area contributed by atoms with Gasteiger partial charge >= 0.3 is 11.8 Å². The number of Topliss-reactive ketones (excluding diaryl/α,β-unsaturated/α-hetero) is 2. The molecule has 1 aromatic rings. The molecule has 0 radical (unpaired) electrons. The molecule has 50 heavy (non-hydrogen) atoms. The van der Waals surface area contributed by atoms with Crippen molar-refractivity contribution in [3.05, 3.63) is 70.2 Å². The lowest BCUT2D eigenvalue weighted by Gasteiger charge is -2.38. The molecule has 5 rings (SSSR count). The molecule has 13 heteroatoms. The standard InChI is InChI=1S/C37H47NO12/c1-16-11-10-12-17(2)36(46)38-23-15-24(40)26-27(32(23)44)31(43)21(6)34-28(26)35(45)37(8,50-34)48-14-13-25(47-9)18(3)33(49-22(7)39)20(5)30(42)19(4)29(16)41/h10-16,18-20,24-25,29-30,33,40-43H,1-9H3,(H,38,46)/b11-10+,14-13+,17-12-/t16-,18+,19+,20+,24?,25-,29-,30+,33+,37-/m0/s1. The van der Waals surface area contributed by atoms with Crippen LogP contribution >= 0.6 is 0 Å². The molecule has 5 N–H and O–H groups in total. The zero-order valence-electron chi connectivity index (χ0n) is 29.7. The number of esters is 1. The van der Waals surface area contributed by atoms with E-state index in [1.165, 1.54) is 53.2 Å². The summed E-state index contributed by atoms with van der Waals surface area (Å²) in [6.07, 6.45) is 3.06. The average Bonchev–Trinajstić information content (AvgIpc) is 3.33. The smallest absolute Gasteiger partial charge is 0.312 e. The summed E-state index contributed by atoms with van der Waals surface area (Å²) in [5.74, 6) is -7.80. The van der Waals surface area contributed by atoms with Gasteiger partial charge < -0.3 is 44.7 Å². The molecule has 13 nitrogen and oxygen atoms in total. The zero-order valence-corrected chi connectivity index (χ0v) is 29.7. The van der Waals surface area contributed by atoms with E-state index in [1.54, 1.807) is 39.8 Å². The summed E-state index contributed by atoms with van der Waals surface area (Å²) in [7, 11) is 1.43. The highest BCUT2D eigenvalue weighted by molar-refractivity contribution is 6.19. The van der Waals surface area contributed by atoms with Gasteiger partial charge in [0, 0.05) is 61.3 Å². The minimum absolute atomic E-state index is 0.0500. The van der Waals surface area contributed by atoms with Crippen LogP contribution in [0.2, 0.25) is 0 Å². The van der Waals surface area contributed by atoms with Gasteiger partial charge in [0.1, 0.15) is 23.7 Å². The van der Waals surface area contributed by atoms with Crippen LogP contribution in [0.25, 0.3) is 0 Å². The van der Waals surface area contributed by atoms with Crippen LogP contribution in [0, 0.1) is 30.6 Å². The Balaban J connectivity index is 1.83. The number of rotatable bonds is 2. The van der Waals surface area contributed by atoms with Crippen molar-refractivity contribution in [2.24, 2.45) is 23.7 Å². The van der Waals surface area contributed by atoms with Crippen LogP contribution in [-0.2, 0) is 23.8 Å². The van der Waals surface area contributed by atoms with Crippen molar-refractivity contribution in [1.29, 1.82) is 0 Å². The zero-order chi connectivity index (χ0) is 37.4. The maximum absolute atomic E-state index is 13.9. The Hall–Kier alpha value is -4.30. The molecule has 0 saturated carbocycles. The Morgan fingerprint density at radius 2 is 1.62 bits per heavy atom. The first-order chi connectivity index (χ1) is 23.4. The van der Waals surface area contributed by atoms with Gasteiger partial charge in [-0.15, -0.1) is 0 Å². The SMILES string of the molecule is CO[C@H]1/C=C/O[C@@]2(C)Oc3c(C)c(O)c4c(c3C2=O)C(O)C=C(NC(=O)/C(C)=C\C=C\[C@H](C)[C@H](O)[C@@H](C)[C@@H](O)[C@@H](C)[C@H](OC(C)=O)[C@@H]1C)C4=O. The van der Waals surface area contributed by atoms with E-state index >= 15 is 0 Å². The Morgan fingerprint density at radius 3 is 2.24 bits per heavy atom. The molecule has 0 saturated heterocycles. The van der Waals surface area contributed by atoms with Gasteiger partial charge in [-0.05, 0) is 26.0 Å². The monoisotopic (exact) mass is 697 g/mol. The number of aliphatic hydroxyl groups excluding tert-OH is 3. The van der Waals surface area contributed by atoms with E-state index in [0.717, 1.165) is 6.08 Å². The number of ether oxygens (including phenoxy) is 4. The highest BCUT2D eigenvalue weighted by atomic mass is 16.7. The van der Waals surface area contributed by atoms with Crippen molar-refractivity contribution in [1.82, 2.24) is 5.32 Å². The molecule has 272 valence electrons. The summed E-state index contributed by atoms with van der Waals surface area (Å²) in [6.45, 7) is 12.4. The van der Waals surface area contributed by atoms with Crippen LogP contribution in [0.4, 0.5) is 0 Å². The van der Waals surface area contributed by atoms with Crippen molar-refractivity contribution < 1.29 is 58.6 Å². The lowest BCUT2D eigenvalue weighted by molar-refractivity contribution is -0.160. The number of methoxy groups -OCH3 is 1. The number of carbonyl (C=O) groups excluding carboxylic acids is 4. The molecular formula is C37H47NO12. The number of aliphatic hydroxyl groups is 3. The Bertz CT molecular complexity index is 1670. The number of phenols is 1. The van der Waals surface area contributed by atoms with Gasteiger partial charge in [-0.1, -0.05) is 45.9 Å². The molecule has 1 unspecified atom stereocenters. The van der Waals surface area contributed by atoms with Crippen LogP contribution in [-0.4, -0.2) is 81.2 Å². The van der Waals surface area contributed by atoms with Crippen LogP contribution in [0.1, 0.15) is 86.4 Å². The molecule has 1 aliphatic carbocycles. The molecule has 0 fully saturated rings. The van der Waals surface area contributed by atoms with E-state index < -0.39 is 89.2 Å². The van der Waals surface area contributed by atoms with E-state index in [0.29, 0.717) is 0 Å². The number of ketones is 2. The summed E-state index contributed by atoms with van der Waals surface area (Å²) in [6, 6.07) is 0. The topological polar surface area (TPSA) is 198 Å². The first kappa shape index (κ1) is 38.5. The third kappa shape index (κ3) is 7.13. The molecule has 0 aromatic heterocycles. The highest BCUT2D eigenvalue weighted by Crippen LogP contribution is 2.49. The lowest BCUT2D eigenvalue weighted by Crippen LogP contribution is -2.46. The molecule has 10 atom stereocenters. The number of aromatic hydroxyl groups is 1.